The normalized spacial score (nSPS) is 12.1. The van der Waals surface area contributed by atoms with E-state index in [1.54, 1.807) is 7.11 Å². The number of rotatable bonds is 6. The maximum atomic E-state index is 5.95. The van der Waals surface area contributed by atoms with Gasteiger partial charge in [-0.05, 0) is 64.5 Å². The number of para-hydroxylation sites is 1. The summed E-state index contributed by atoms with van der Waals surface area (Å²) in [6.45, 7) is 0.535. The maximum absolute atomic E-state index is 5.95. The summed E-state index contributed by atoms with van der Waals surface area (Å²) >= 11 is 3.49. The van der Waals surface area contributed by atoms with Gasteiger partial charge in [0.1, 0.15) is 18.1 Å². The summed E-state index contributed by atoms with van der Waals surface area (Å²) in [5, 5.41) is 8.39. The smallest absolute Gasteiger partial charge is 0.248 e. The fourth-order valence-electron chi connectivity index (χ4n) is 3.23. The van der Waals surface area contributed by atoms with E-state index in [9.17, 15) is 0 Å². The molecular formula is C23H17BrN2O5. The van der Waals surface area contributed by atoms with Crippen LogP contribution in [-0.4, -0.2) is 24.1 Å². The van der Waals surface area contributed by atoms with Crippen molar-refractivity contribution in [2.45, 2.75) is 6.61 Å². The standard InChI is InChI=1S/C23H17BrN2O5/c1-27-18-8-6-14(10-16(18)12-28-19-5-3-2-4-17(19)24)22-25-26-23(31-22)15-7-9-20-21(11-15)30-13-29-20/h2-11H,12-13H2,1H3. The Hall–Kier alpha value is -3.52. The number of hydrogen-bond donors (Lipinski definition) is 0. The van der Waals surface area contributed by atoms with Crippen LogP contribution < -0.4 is 18.9 Å². The number of fused-ring (bicyclic) bond motifs is 1. The molecule has 0 bridgehead atoms. The van der Waals surface area contributed by atoms with E-state index in [1.165, 1.54) is 0 Å². The molecule has 156 valence electrons. The molecule has 0 unspecified atom stereocenters. The Morgan fingerprint density at radius 3 is 2.42 bits per heavy atom. The fraction of sp³-hybridized carbons (Fsp3) is 0.130. The first-order valence-electron chi connectivity index (χ1n) is 9.49. The Morgan fingerprint density at radius 1 is 0.871 bits per heavy atom. The van der Waals surface area contributed by atoms with Crippen LogP contribution in [0, 0.1) is 0 Å². The van der Waals surface area contributed by atoms with Crippen LogP contribution in [0.5, 0.6) is 23.0 Å². The molecule has 3 aromatic carbocycles. The van der Waals surface area contributed by atoms with Crippen LogP contribution >= 0.6 is 15.9 Å². The summed E-state index contributed by atoms with van der Waals surface area (Å²) in [5.74, 6) is 3.62. The molecule has 1 aliphatic rings. The molecule has 2 heterocycles. The van der Waals surface area contributed by atoms with Gasteiger partial charge in [-0.15, -0.1) is 10.2 Å². The number of ether oxygens (including phenoxy) is 4. The van der Waals surface area contributed by atoms with Crippen molar-refractivity contribution in [2.75, 3.05) is 13.9 Å². The van der Waals surface area contributed by atoms with Crippen molar-refractivity contribution in [3.05, 3.63) is 70.7 Å². The van der Waals surface area contributed by atoms with E-state index >= 15 is 0 Å². The number of benzene rings is 3. The van der Waals surface area contributed by atoms with E-state index in [0.29, 0.717) is 35.6 Å². The average Bonchev–Trinajstić information content (AvgIpc) is 3.47. The van der Waals surface area contributed by atoms with Gasteiger partial charge in [0.15, 0.2) is 11.5 Å². The van der Waals surface area contributed by atoms with E-state index in [-0.39, 0.29) is 6.79 Å². The largest absolute Gasteiger partial charge is 0.496 e. The summed E-state index contributed by atoms with van der Waals surface area (Å²) in [6.07, 6.45) is 0. The van der Waals surface area contributed by atoms with Crippen molar-refractivity contribution in [1.82, 2.24) is 10.2 Å². The lowest BCUT2D eigenvalue weighted by molar-refractivity contribution is 0.174. The minimum absolute atomic E-state index is 0.212. The van der Waals surface area contributed by atoms with Crippen LogP contribution in [0.25, 0.3) is 22.9 Å². The molecule has 0 amide bonds. The van der Waals surface area contributed by atoms with Gasteiger partial charge in [-0.3, -0.25) is 0 Å². The van der Waals surface area contributed by atoms with Gasteiger partial charge in [0, 0.05) is 16.7 Å². The molecule has 0 spiro atoms. The lowest BCUT2D eigenvalue weighted by Gasteiger charge is -2.12. The van der Waals surface area contributed by atoms with Gasteiger partial charge in [0.05, 0.1) is 11.6 Å². The van der Waals surface area contributed by atoms with Gasteiger partial charge in [-0.2, -0.15) is 0 Å². The second kappa shape index (κ2) is 8.31. The van der Waals surface area contributed by atoms with Crippen molar-refractivity contribution >= 4 is 15.9 Å². The molecule has 4 aromatic rings. The highest BCUT2D eigenvalue weighted by atomic mass is 79.9. The first kappa shape index (κ1) is 19.4. The third-order valence-corrected chi connectivity index (χ3v) is 5.45. The molecule has 31 heavy (non-hydrogen) atoms. The molecule has 0 N–H and O–H groups in total. The summed E-state index contributed by atoms with van der Waals surface area (Å²) in [4.78, 5) is 0. The first-order chi connectivity index (χ1) is 15.2. The Labute approximate surface area is 186 Å². The Morgan fingerprint density at radius 2 is 1.61 bits per heavy atom. The quantitative estimate of drug-likeness (QED) is 0.361. The van der Waals surface area contributed by atoms with Crippen LogP contribution in [0.15, 0.2) is 69.6 Å². The third-order valence-electron chi connectivity index (χ3n) is 4.79. The minimum Gasteiger partial charge on any atom is -0.496 e. The van der Waals surface area contributed by atoms with Crippen molar-refractivity contribution in [2.24, 2.45) is 0 Å². The number of methoxy groups -OCH3 is 1. The topological polar surface area (TPSA) is 75.8 Å². The molecule has 0 radical (unpaired) electrons. The lowest BCUT2D eigenvalue weighted by atomic mass is 10.1. The molecule has 5 rings (SSSR count). The van der Waals surface area contributed by atoms with E-state index in [1.807, 2.05) is 60.7 Å². The monoisotopic (exact) mass is 480 g/mol. The van der Waals surface area contributed by atoms with Crippen molar-refractivity contribution in [1.29, 1.82) is 0 Å². The van der Waals surface area contributed by atoms with Gasteiger partial charge < -0.3 is 23.4 Å². The SMILES string of the molecule is COc1ccc(-c2nnc(-c3ccc4c(c3)OCO4)o2)cc1COc1ccccc1Br. The van der Waals surface area contributed by atoms with Crippen molar-refractivity contribution in [3.63, 3.8) is 0 Å². The van der Waals surface area contributed by atoms with Crippen LogP contribution in [0.1, 0.15) is 5.56 Å². The third kappa shape index (κ3) is 3.94. The Balaban J connectivity index is 1.40. The number of halogens is 1. The molecule has 7 nitrogen and oxygen atoms in total. The highest BCUT2D eigenvalue weighted by Crippen LogP contribution is 2.36. The summed E-state index contributed by atoms with van der Waals surface area (Å²) in [5.41, 5.74) is 2.39. The van der Waals surface area contributed by atoms with Crippen LogP contribution in [-0.2, 0) is 6.61 Å². The van der Waals surface area contributed by atoms with Gasteiger partial charge in [-0.25, -0.2) is 0 Å². The number of aromatic nitrogens is 2. The van der Waals surface area contributed by atoms with Gasteiger partial charge >= 0.3 is 0 Å². The molecule has 1 aliphatic heterocycles. The Bertz CT molecular complexity index is 1240. The number of hydrogen-bond acceptors (Lipinski definition) is 7. The van der Waals surface area contributed by atoms with Crippen molar-refractivity contribution < 1.29 is 23.4 Å². The summed E-state index contributed by atoms with van der Waals surface area (Å²) in [7, 11) is 1.63. The maximum Gasteiger partial charge on any atom is 0.248 e. The second-order valence-electron chi connectivity index (χ2n) is 6.73. The van der Waals surface area contributed by atoms with E-state index in [4.69, 9.17) is 23.4 Å². The van der Waals surface area contributed by atoms with E-state index in [2.05, 4.69) is 26.1 Å². The molecule has 0 atom stereocenters. The van der Waals surface area contributed by atoms with Crippen LogP contribution in [0.3, 0.4) is 0 Å². The number of nitrogens with zero attached hydrogens (tertiary/aromatic N) is 2. The summed E-state index contributed by atoms with van der Waals surface area (Å²) in [6, 6.07) is 18.8. The lowest BCUT2D eigenvalue weighted by Crippen LogP contribution is -1.99. The predicted molar refractivity (Wildman–Crippen MR) is 116 cm³/mol. The van der Waals surface area contributed by atoms with Crippen LogP contribution in [0.2, 0.25) is 0 Å². The van der Waals surface area contributed by atoms with Crippen LogP contribution in [0.4, 0.5) is 0 Å². The first-order valence-corrected chi connectivity index (χ1v) is 10.3. The van der Waals surface area contributed by atoms with Gasteiger partial charge in [0.25, 0.3) is 0 Å². The molecule has 8 heteroatoms. The average molecular weight is 481 g/mol. The molecule has 0 saturated heterocycles. The summed E-state index contributed by atoms with van der Waals surface area (Å²) < 4.78 is 29.0. The van der Waals surface area contributed by atoms with E-state index in [0.717, 1.165) is 26.9 Å². The zero-order chi connectivity index (χ0) is 21.2. The molecule has 0 fully saturated rings. The predicted octanol–water partition coefficient (Wildman–Crippen LogP) is 5.48. The highest BCUT2D eigenvalue weighted by molar-refractivity contribution is 9.10. The van der Waals surface area contributed by atoms with E-state index < -0.39 is 0 Å². The zero-order valence-electron chi connectivity index (χ0n) is 16.5. The second-order valence-corrected chi connectivity index (χ2v) is 7.58. The highest BCUT2D eigenvalue weighted by Gasteiger charge is 2.18. The molecule has 0 saturated carbocycles. The van der Waals surface area contributed by atoms with Crippen molar-refractivity contribution in [3.8, 4) is 45.9 Å². The fourth-order valence-corrected chi connectivity index (χ4v) is 3.63. The van der Waals surface area contributed by atoms with Gasteiger partial charge in [-0.1, -0.05) is 12.1 Å². The zero-order valence-corrected chi connectivity index (χ0v) is 18.1. The molecule has 0 aliphatic carbocycles. The minimum atomic E-state index is 0.212. The molecular weight excluding hydrogens is 464 g/mol. The van der Waals surface area contributed by atoms with Gasteiger partial charge in [0.2, 0.25) is 18.6 Å². The molecule has 1 aromatic heterocycles. The Kier molecular flexibility index (Phi) is 5.21.